The molecule has 1 aromatic rings. The maximum Gasteiger partial charge on any atom is 0.227 e. The average Bonchev–Trinajstić information content (AvgIpc) is 3.18. The van der Waals surface area contributed by atoms with Crippen molar-refractivity contribution in [2.75, 3.05) is 18.5 Å². The quantitative estimate of drug-likeness (QED) is 0.875. The van der Waals surface area contributed by atoms with Crippen molar-refractivity contribution in [3.63, 3.8) is 0 Å². The van der Waals surface area contributed by atoms with Crippen LogP contribution in [0.4, 0.5) is 5.69 Å². The molecule has 1 heterocycles. The molecular formula is C17H24N2O3. The molecule has 1 saturated heterocycles. The lowest BCUT2D eigenvalue weighted by atomic mass is 10.1. The Morgan fingerprint density at radius 1 is 1.27 bits per heavy atom. The number of hydrogen-bond donors (Lipinski definition) is 2. The Balaban J connectivity index is 1.47. The van der Waals surface area contributed by atoms with Crippen molar-refractivity contribution in [3.8, 4) is 5.75 Å². The average molecular weight is 304 g/mol. The van der Waals surface area contributed by atoms with Crippen molar-refractivity contribution in [2.45, 2.75) is 44.2 Å². The highest BCUT2D eigenvalue weighted by Crippen LogP contribution is 2.26. The van der Waals surface area contributed by atoms with Crippen LogP contribution in [0.5, 0.6) is 5.75 Å². The molecule has 1 saturated carbocycles. The van der Waals surface area contributed by atoms with E-state index >= 15 is 0 Å². The number of nitrogens with one attached hydrogen (secondary N) is 1. The van der Waals surface area contributed by atoms with Crippen molar-refractivity contribution < 1.29 is 14.3 Å². The van der Waals surface area contributed by atoms with Crippen molar-refractivity contribution in [1.29, 1.82) is 0 Å². The summed E-state index contributed by atoms with van der Waals surface area (Å²) in [6, 6.07) is 7.68. The lowest BCUT2D eigenvalue weighted by Gasteiger charge is -2.13. The highest BCUT2D eigenvalue weighted by atomic mass is 16.5. The maximum atomic E-state index is 12.1. The molecule has 0 bridgehead atoms. The number of carbonyl (C=O) groups is 1. The topological polar surface area (TPSA) is 73.6 Å². The zero-order chi connectivity index (χ0) is 15.4. The van der Waals surface area contributed by atoms with Crippen LogP contribution >= 0.6 is 0 Å². The lowest BCUT2D eigenvalue weighted by Crippen LogP contribution is -2.23. The van der Waals surface area contributed by atoms with Crippen molar-refractivity contribution in [1.82, 2.24) is 0 Å². The molecule has 3 unspecified atom stereocenters. The number of ether oxygens (including phenoxy) is 2. The summed E-state index contributed by atoms with van der Waals surface area (Å²) in [7, 11) is 0. The molecule has 2 fully saturated rings. The van der Waals surface area contributed by atoms with Gasteiger partial charge in [-0.3, -0.25) is 4.79 Å². The van der Waals surface area contributed by atoms with Gasteiger partial charge in [-0.1, -0.05) is 0 Å². The SMILES string of the molecule is NC1CCC(C(=O)Nc2ccc(OCC3CCCO3)cc2)C1. The van der Waals surface area contributed by atoms with E-state index < -0.39 is 0 Å². The van der Waals surface area contributed by atoms with Gasteiger partial charge in [0.05, 0.1) is 6.10 Å². The summed E-state index contributed by atoms with van der Waals surface area (Å²) in [6.07, 6.45) is 5.01. The van der Waals surface area contributed by atoms with Gasteiger partial charge in [-0.05, 0) is 56.4 Å². The second-order valence-corrected chi connectivity index (χ2v) is 6.23. The highest BCUT2D eigenvalue weighted by molar-refractivity contribution is 5.92. The highest BCUT2D eigenvalue weighted by Gasteiger charge is 2.27. The third-order valence-electron chi connectivity index (χ3n) is 4.43. The zero-order valence-corrected chi connectivity index (χ0v) is 12.8. The van der Waals surface area contributed by atoms with Gasteiger partial charge < -0.3 is 20.5 Å². The van der Waals surface area contributed by atoms with Crippen LogP contribution in [0.15, 0.2) is 24.3 Å². The van der Waals surface area contributed by atoms with Gasteiger partial charge in [-0.2, -0.15) is 0 Å². The molecule has 1 aliphatic heterocycles. The van der Waals surface area contributed by atoms with Gasteiger partial charge in [0.2, 0.25) is 5.91 Å². The normalized spacial score (nSPS) is 27.8. The number of benzene rings is 1. The van der Waals surface area contributed by atoms with Crippen LogP contribution in [-0.4, -0.2) is 31.3 Å². The predicted molar refractivity (Wildman–Crippen MR) is 84.9 cm³/mol. The van der Waals surface area contributed by atoms with E-state index in [9.17, 15) is 4.79 Å². The van der Waals surface area contributed by atoms with Crippen LogP contribution in [0.1, 0.15) is 32.1 Å². The number of anilines is 1. The minimum atomic E-state index is 0.0467. The molecule has 120 valence electrons. The summed E-state index contributed by atoms with van der Waals surface area (Å²) in [6.45, 7) is 1.43. The first-order chi connectivity index (χ1) is 10.7. The summed E-state index contributed by atoms with van der Waals surface area (Å²) in [4.78, 5) is 12.1. The summed E-state index contributed by atoms with van der Waals surface area (Å²) >= 11 is 0. The van der Waals surface area contributed by atoms with E-state index in [2.05, 4.69) is 5.32 Å². The summed E-state index contributed by atoms with van der Waals surface area (Å²) in [5.41, 5.74) is 6.66. The van der Waals surface area contributed by atoms with Gasteiger partial charge in [-0.15, -0.1) is 0 Å². The molecule has 0 spiro atoms. The predicted octanol–water partition coefficient (Wildman–Crippen LogP) is 2.31. The molecule has 0 aromatic heterocycles. The Kier molecular flexibility index (Phi) is 4.95. The van der Waals surface area contributed by atoms with Crippen LogP contribution in [0.2, 0.25) is 0 Å². The fourth-order valence-corrected chi connectivity index (χ4v) is 3.10. The molecule has 1 aromatic carbocycles. The molecule has 3 rings (SSSR count). The van der Waals surface area contributed by atoms with E-state index in [-0.39, 0.29) is 24.0 Å². The van der Waals surface area contributed by atoms with E-state index in [4.69, 9.17) is 15.2 Å². The molecule has 2 aliphatic rings. The second-order valence-electron chi connectivity index (χ2n) is 6.23. The molecule has 5 heteroatoms. The lowest BCUT2D eigenvalue weighted by molar-refractivity contribution is -0.119. The van der Waals surface area contributed by atoms with E-state index in [0.29, 0.717) is 6.61 Å². The molecule has 22 heavy (non-hydrogen) atoms. The van der Waals surface area contributed by atoms with E-state index in [1.165, 1.54) is 0 Å². The number of amides is 1. The Labute approximate surface area is 131 Å². The number of nitrogens with two attached hydrogens (primary N) is 1. The Morgan fingerprint density at radius 3 is 2.73 bits per heavy atom. The minimum Gasteiger partial charge on any atom is -0.491 e. The Bertz CT molecular complexity index is 497. The van der Waals surface area contributed by atoms with Crippen LogP contribution in [0.25, 0.3) is 0 Å². The van der Waals surface area contributed by atoms with Crippen molar-refractivity contribution >= 4 is 11.6 Å². The van der Waals surface area contributed by atoms with Crippen LogP contribution in [-0.2, 0) is 9.53 Å². The van der Waals surface area contributed by atoms with Gasteiger partial charge in [0.15, 0.2) is 0 Å². The summed E-state index contributed by atoms with van der Waals surface area (Å²) in [5, 5.41) is 2.95. The number of hydrogen-bond acceptors (Lipinski definition) is 4. The molecule has 1 amide bonds. The van der Waals surface area contributed by atoms with Crippen molar-refractivity contribution in [3.05, 3.63) is 24.3 Å². The second kappa shape index (κ2) is 7.11. The molecule has 5 nitrogen and oxygen atoms in total. The monoisotopic (exact) mass is 304 g/mol. The smallest absolute Gasteiger partial charge is 0.227 e. The van der Waals surface area contributed by atoms with E-state index in [0.717, 1.165) is 50.1 Å². The first-order valence-electron chi connectivity index (χ1n) is 8.11. The fraction of sp³-hybridized carbons (Fsp3) is 0.588. The summed E-state index contributed by atoms with van der Waals surface area (Å²) < 4.78 is 11.2. The van der Waals surface area contributed by atoms with E-state index in [1.807, 2.05) is 24.3 Å². The van der Waals surface area contributed by atoms with Crippen LogP contribution in [0, 0.1) is 5.92 Å². The Hall–Kier alpha value is -1.59. The third-order valence-corrected chi connectivity index (χ3v) is 4.43. The molecule has 3 N–H and O–H groups in total. The number of rotatable bonds is 5. The zero-order valence-electron chi connectivity index (χ0n) is 12.8. The van der Waals surface area contributed by atoms with Gasteiger partial charge in [-0.25, -0.2) is 0 Å². The van der Waals surface area contributed by atoms with Gasteiger partial charge in [0.1, 0.15) is 12.4 Å². The van der Waals surface area contributed by atoms with Gasteiger partial charge >= 0.3 is 0 Å². The van der Waals surface area contributed by atoms with E-state index in [1.54, 1.807) is 0 Å². The summed E-state index contributed by atoms with van der Waals surface area (Å²) in [5.74, 6) is 0.919. The van der Waals surface area contributed by atoms with Crippen LogP contribution in [0.3, 0.4) is 0 Å². The Morgan fingerprint density at radius 2 is 2.09 bits per heavy atom. The first-order valence-corrected chi connectivity index (χ1v) is 8.11. The molecule has 1 aliphatic carbocycles. The largest absolute Gasteiger partial charge is 0.491 e. The van der Waals surface area contributed by atoms with Crippen molar-refractivity contribution in [2.24, 2.45) is 11.7 Å². The maximum absolute atomic E-state index is 12.1. The van der Waals surface area contributed by atoms with Gasteiger partial charge in [0.25, 0.3) is 0 Å². The van der Waals surface area contributed by atoms with Crippen LogP contribution < -0.4 is 15.8 Å². The first kappa shape index (κ1) is 15.3. The molecule has 3 atom stereocenters. The fourth-order valence-electron chi connectivity index (χ4n) is 3.10. The molecular weight excluding hydrogens is 280 g/mol. The van der Waals surface area contributed by atoms with Gasteiger partial charge in [0, 0.05) is 24.3 Å². The third kappa shape index (κ3) is 3.99. The molecule has 0 radical (unpaired) electrons. The standard InChI is InChI=1S/C17H24N2O3/c18-13-4-3-12(10-13)17(20)19-14-5-7-15(8-6-14)22-11-16-2-1-9-21-16/h5-8,12-13,16H,1-4,9-11,18H2,(H,19,20). The number of carbonyl (C=O) groups excluding carboxylic acids is 1. The minimum absolute atomic E-state index is 0.0467.